The van der Waals surface area contributed by atoms with Crippen molar-refractivity contribution in [3.8, 4) is 0 Å². The summed E-state index contributed by atoms with van der Waals surface area (Å²) in [5.74, 6) is -0.272. The molecule has 0 spiro atoms. The maximum absolute atomic E-state index is 10.3. The molecule has 0 aliphatic heterocycles. The van der Waals surface area contributed by atoms with Crippen LogP contribution in [-0.4, -0.2) is 24.1 Å². The van der Waals surface area contributed by atoms with Gasteiger partial charge in [-0.2, -0.15) is 0 Å². The summed E-state index contributed by atoms with van der Waals surface area (Å²) in [6, 6.07) is 0. The standard InChI is InChI=1S/C7H15N3OS/c1-2-9-7(12)10-5-3-4-6(8)11/h2-5H2,1H3,(H2,8,11)(H2,9,10,12). The van der Waals surface area contributed by atoms with Crippen LogP contribution in [0.15, 0.2) is 0 Å². The predicted molar refractivity (Wildman–Crippen MR) is 52.7 cm³/mol. The van der Waals surface area contributed by atoms with E-state index in [1.165, 1.54) is 0 Å². The van der Waals surface area contributed by atoms with Gasteiger partial charge >= 0.3 is 0 Å². The van der Waals surface area contributed by atoms with Gasteiger partial charge in [0.15, 0.2) is 5.11 Å². The van der Waals surface area contributed by atoms with E-state index in [2.05, 4.69) is 10.6 Å². The number of hydrogen-bond donors (Lipinski definition) is 3. The number of carbonyl (C=O) groups is 1. The fourth-order valence-corrected chi connectivity index (χ4v) is 0.934. The highest BCUT2D eigenvalue weighted by Crippen LogP contribution is 1.83. The molecule has 5 heteroatoms. The Balaban J connectivity index is 3.19. The lowest BCUT2D eigenvalue weighted by atomic mass is 10.3. The van der Waals surface area contributed by atoms with Crippen LogP contribution in [0.1, 0.15) is 19.8 Å². The van der Waals surface area contributed by atoms with Crippen LogP contribution in [0.2, 0.25) is 0 Å². The first-order valence-corrected chi connectivity index (χ1v) is 4.37. The van der Waals surface area contributed by atoms with Crippen LogP contribution in [0.3, 0.4) is 0 Å². The Labute approximate surface area is 77.9 Å². The molecule has 0 bridgehead atoms. The molecule has 0 aromatic heterocycles. The van der Waals surface area contributed by atoms with E-state index < -0.39 is 0 Å². The van der Waals surface area contributed by atoms with E-state index in [-0.39, 0.29) is 5.91 Å². The van der Waals surface area contributed by atoms with Gasteiger partial charge in [0.05, 0.1) is 0 Å². The van der Waals surface area contributed by atoms with E-state index in [1.54, 1.807) is 0 Å². The zero-order chi connectivity index (χ0) is 9.40. The van der Waals surface area contributed by atoms with Gasteiger partial charge in [-0.05, 0) is 25.6 Å². The molecule has 0 aromatic rings. The number of nitrogens with two attached hydrogens (primary N) is 1. The monoisotopic (exact) mass is 189 g/mol. The summed E-state index contributed by atoms with van der Waals surface area (Å²) in [5.41, 5.74) is 4.95. The van der Waals surface area contributed by atoms with Gasteiger partial charge in [-0.25, -0.2) is 0 Å². The maximum Gasteiger partial charge on any atom is 0.217 e. The molecular formula is C7H15N3OS. The molecule has 0 aromatic carbocycles. The van der Waals surface area contributed by atoms with Crippen molar-refractivity contribution < 1.29 is 4.79 Å². The number of thiocarbonyl (C=S) groups is 1. The SMILES string of the molecule is CCNC(=S)NCCCC(N)=O. The second-order valence-electron chi connectivity index (χ2n) is 2.36. The molecule has 0 saturated heterocycles. The highest BCUT2D eigenvalue weighted by Gasteiger charge is 1.94. The molecule has 0 saturated carbocycles. The Bertz CT molecular complexity index is 161. The van der Waals surface area contributed by atoms with Gasteiger partial charge < -0.3 is 16.4 Å². The lowest BCUT2D eigenvalue weighted by Crippen LogP contribution is -2.35. The van der Waals surface area contributed by atoms with E-state index in [4.69, 9.17) is 18.0 Å². The van der Waals surface area contributed by atoms with Gasteiger partial charge in [-0.1, -0.05) is 0 Å². The van der Waals surface area contributed by atoms with Crippen molar-refractivity contribution in [2.24, 2.45) is 5.73 Å². The molecule has 0 aliphatic rings. The fraction of sp³-hybridized carbons (Fsp3) is 0.714. The van der Waals surface area contributed by atoms with Gasteiger partial charge in [0.1, 0.15) is 0 Å². The molecule has 1 amide bonds. The molecule has 70 valence electrons. The number of primary amides is 1. The van der Waals surface area contributed by atoms with Crippen LogP contribution in [0.4, 0.5) is 0 Å². The molecule has 0 heterocycles. The molecule has 0 rings (SSSR count). The van der Waals surface area contributed by atoms with Crippen molar-refractivity contribution >= 4 is 23.2 Å². The van der Waals surface area contributed by atoms with Gasteiger partial charge in [-0.15, -0.1) is 0 Å². The molecule has 4 N–H and O–H groups in total. The molecular weight excluding hydrogens is 174 g/mol. The molecule has 0 atom stereocenters. The third kappa shape index (κ3) is 7.27. The summed E-state index contributed by atoms with van der Waals surface area (Å²) in [5, 5.41) is 6.52. The number of carbonyl (C=O) groups excluding carboxylic acids is 1. The minimum atomic E-state index is -0.272. The third-order valence-corrected chi connectivity index (χ3v) is 1.51. The molecule has 0 aliphatic carbocycles. The summed E-state index contributed by atoms with van der Waals surface area (Å²) in [4.78, 5) is 10.3. The van der Waals surface area contributed by atoms with Gasteiger partial charge in [0.25, 0.3) is 0 Å². The van der Waals surface area contributed by atoms with Gasteiger partial charge in [0.2, 0.25) is 5.91 Å². The molecule has 4 nitrogen and oxygen atoms in total. The lowest BCUT2D eigenvalue weighted by molar-refractivity contribution is -0.118. The smallest absolute Gasteiger partial charge is 0.217 e. The number of nitrogens with one attached hydrogen (secondary N) is 2. The third-order valence-electron chi connectivity index (χ3n) is 1.22. The zero-order valence-electron chi connectivity index (χ0n) is 7.22. The first kappa shape index (κ1) is 11.2. The Morgan fingerprint density at radius 1 is 1.50 bits per heavy atom. The molecule has 0 fully saturated rings. The van der Waals surface area contributed by atoms with E-state index in [9.17, 15) is 4.79 Å². The highest BCUT2D eigenvalue weighted by molar-refractivity contribution is 7.80. The number of amides is 1. The van der Waals surface area contributed by atoms with Gasteiger partial charge in [-0.3, -0.25) is 4.79 Å². The average molecular weight is 189 g/mol. The summed E-state index contributed by atoms with van der Waals surface area (Å²) in [6.07, 6.45) is 1.13. The first-order valence-electron chi connectivity index (χ1n) is 3.96. The Kier molecular flexibility index (Phi) is 6.37. The second-order valence-corrected chi connectivity index (χ2v) is 2.76. The zero-order valence-corrected chi connectivity index (χ0v) is 8.04. The van der Waals surface area contributed by atoms with Crippen LogP contribution in [0.5, 0.6) is 0 Å². The summed E-state index contributed by atoms with van der Waals surface area (Å²) in [6.45, 7) is 3.47. The molecule has 0 radical (unpaired) electrons. The van der Waals surface area contributed by atoms with Crippen molar-refractivity contribution in [3.63, 3.8) is 0 Å². The first-order chi connectivity index (χ1) is 5.66. The molecule has 12 heavy (non-hydrogen) atoms. The fourth-order valence-electron chi connectivity index (χ4n) is 0.688. The number of rotatable bonds is 5. The van der Waals surface area contributed by atoms with Crippen LogP contribution >= 0.6 is 12.2 Å². The van der Waals surface area contributed by atoms with Crippen LogP contribution in [-0.2, 0) is 4.79 Å². The van der Waals surface area contributed by atoms with Crippen molar-refractivity contribution in [2.45, 2.75) is 19.8 Å². The van der Waals surface area contributed by atoms with E-state index >= 15 is 0 Å². The summed E-state index contributed by atoms with van der Waals surface area (Å²) < 4.78 is 0. The van der Waals surface area contributed by atoms with Crippen LogP contribution in [0.25, 0.3) is 0 Å². The maximum atomic E-state index is 10.3. The topological polar surface area (TPSA) is 67.2 Å². The Morgan fingerprint density at radius 2 is 2.17 bits per heavy atom. The van der Waals surface area contributed by atoms with Crippen molar-refractivity contribution in [3.05, 3.63) is 0 Å². The van der Waals surface area contributed by atoms with Gasteiger partial charge in [0, 0.05) is 19.5 Å². The second kappa shape index (κ2) is 6.84. The largest absolute Gasteiger partial charge is 0.370 e. The quantitative estimate of drug-likeness (QED) is 0.411. The Morgan fingerprint density at radius 3 is 2.67 bits per heavy atom. The highest BCUT2D eigenvalue weighted by atomic mass is 32.1. The van der Waals surface area contributed by atoms with Crippen LogP contribution in [0, 0.1) is 0 Å². The van der Waals surface area contributed by atoms with Crippen molar-refractivity contribution in [1.82, 2.24) is 10.6 Å². The minimum absolute atomic E-state index is 0.272. The summed E-state index contributed by atoms with van der Waals surface area (Å²) in [7, 11) is 0. The van der Waals surface area contributed by atoms with E-state index in [0.717, 1.165) is 13.0 Å². The summed E-state index contributed by atoms with van der Waals surface area (Å²) >= 11 is 4.89. The Hall–Kier alpha value is -0.840. The lowest BCUT2D eigenvalue weighted by Gasteiger charge is -2.07. The van der Waals surface area contributed by atoms with E-state index in [0.29, 0.717) is 18.1 Å². The minimum Gasteiger partial charge on any atom is -0.370 e. The average Bonchev–Trinajstić information content (AvgIpc) is 1.98. The van der Waals surface area contributed by atoms with Crippen LogP contribution < -0.4 is 16.4 Å². The predicted octanol–water partition coefficient (Wildman–Crippen LogP) is -0.264. The van der Waals surface area contributed by atoms with Crippen molar-refractivity contribution in [1.29, 1.82) is 0 Å². The molecule has 0 unspecified atom stereocenters. The van der Waals surface area contributed by atoms with E-state index in [1.807, 2.05) is 6.92 Å². The number of hydrogen-bond acceptors (Lipinski definition) is 2. The van der Waals surface area contributed by atoms with Crippen molar-refractivity contribution in [2.75, 3.05) is 13.1 Å². The normalized spacial score (nSPS) is 9.08.